The van der Waals surface area contributed by atoms with Gasteiger partial charge >= 0.3 is 5.97 Å². The molecular formula is C28H30N2O6. The minimum absolute atomic E-state index is 0.0794. The SMILES string of the molecule is COC(=O)C1=C(C)N(Cc2ccccc2)C(=O)/C1=C\c1ccc(OCC(=O)NC[C@H]2CCCO2)cc1. The topological polar surface area (TPSA) is 94.2 Å². The first kappa shape index (κ1) is 25.2. The smallest absolute Gasteiger partial charge is 0.340 e. The molecule has 1 atom stereocenters. The third kappa shape index (κ3) is 6.01. The van der Waals surface area contributed by atoms with Crippen LogP contribution in [0.2, 0.25) is 0 Å². The molecule has 2 heterocycles. The third-order valence-electron chi connectivity index (χ3n) is 6.20. The summed E-state index contributed by atoms with van der Waals surface area (Å²) in [6.45, 7) is 3.22. The minimum Gasteiger partial charge on any atom is -0.484 e. The molecular weight excluding hydrogens is 460 g/mol. The van der Waals surface area contributed by atoms with Crippen LogP contribution in [0.3, 0.4) is 0 Å². The summed E-state index contributed by atoms with van der Waals surface area (Å²) in [7, 11) is 1.30. The summed E-state index contributed by atoms with van der Waals surface area (Å²) in [5, 5.41) is 2.82. The van der Waals surface area contributed by atoms with Crippen molar-refractivity contribution in [3.63, 3.8) is 0 Å². The van der Waals surface area contributed by atoms with Crippen LogP contribution in [-0.4, -0.2) is 55.7 Å². The van der Waals surface area contributed by atoms with Crippen LogP contribution >= 0.6 is 0 Å². The highest BCUT2D eigenvalue weighted by Crippen LogP contribution is 2.33. The Hall–Kier alpha value is -3.91. The van der Waals surface area contributed by atoms with Crippen LogP contribution < -0.4 is 10.1 Å². The van der Waals surface area contributed by atoms with E-state index in [1.165, 1.54) is 7.11 Å². The van der Waals surface area contributed by atoms with Crippen molar-refractivity contribution in [2.75, 3.05) is 26.9 Å². The number of allylic oxidation sites excluding steroid dienone is 1. The minimum atomic E-state index is -0.559. The van der Waals surface area contributed by atoms with Gasteiger partial charge in [0.15, 0.2) is 6.61 Å². The number of carbonyl (C=O) groups excluding carboxylic acids is 3. The highest BCUT2D eigenvalue weighted by Gasteiger charge is 2.36. The lowest BCUT2D eigenvalue weighted by atomic mass is 10.0. The first-order chi connectivity index (χ1) is 17.5. The van der Waals surface area contributed by atoms with Crippen LogP contribution in [0.1, 0.15) is 30.9 Å². The number of nitrogens with zero attached hydrogens (tertiary/aromatic N) is 1. The van der Waals surface area contributed by atoms with E-state index in [1.807, 2.05) is 30.3 Å². The second-order valence-corrected chi connectivity index (χ2v) is 8.68. The maximum atomic E-state index is 13.3. The second-order valence-electron chi connectivity index (χ2n) is 8.68. The van der Waals surface area contributed by atoms with Crippen LogP contribution in [0, 0.1) is 0 Å². The van der Waals surface area contributed by atoms with Crippen molar-refractivity contribution in [1.82, 2.24) is 10.2 Å². The molecule has 8 heteroatoms. The molecule has 0 saturated carbocycles. The van der Waals surface area contributed by atoms with Crippen molar-refractivity contribution in [2.24, 2.45) is 0 Å². The van der Waals surface area contributed by atoms with Gasteiger partial charge in [-0.3, -0.25) is 9.59 Å². The first-order valence-corrected chi connectivity index (χ1v) is 11.9. The van der Waals surface area contributed by atoms with Gasteiger partial charge in [0, 0.05) is 18.8 Å². The fourth-order valence-electron chi connectivity index (χ4n) is 4.24. The molecule has 0 bridgehead atoms. The molecule has 36 heavy (non-hydrogen) atoms. The van der Waals surface area contributed by atoms with E-state index in [2.05, 4.69) is 5.32 Å². The maximum Gasteiger partial charge on any atom is 0.340 e. The Morgan fingerprint density at radius 2 is 1.89 bits per heavy atom. The number of ether oxygens (including phenoxy) is 3. The molecule has 0 aliphatic carbocycles. The monoisotopic (exact) mass is 490 g/mol. The van der Waals surface area contributed by atoms with Crippen molar-refractivity contribution in [3.05, 3.63) is 82.6 Å². The summed E-state index contributed by atoms with van der Waals surface area (Å²) in [6.07, 6.45) is 3.72. The molecule has 2 aromatic rings. The predicted octanol–water partition coefficient (Wildman–Crippen LogP) is 3.23. The van der Waals surface area contributed by atoms with Crippen LogP contribution in [0.15, 0.2) is 71.4 Å². The molecule has 0 unspecified atom stereocenters. The van der Waals surface area contributed by atoms with Crippen LogP contribution in [0.5, 0.6) is 5.75 Å². The molecule has 0 radical (unpaired) electrons. The number of amides is 2. The Balaban J connectivity index is 1.43. The van der Waals surface area contributed by atoms with Gasteiger partial charge in [0.25, 0.3) is 11.8 Å². The Morgan fingerprint density at radius 3 is 2.56 bits per heavy atom. The summed E-state index contributed by atoms with van der Waals surface area (Å²) < 4.78 is 16.0. The Bertz CT molecular complexity index is 1160. The standard InChI is InChI=1S/C28H30N2O6/c1-19-26(28(33)34-2)24(27(32)30(19)17-21-7-4-3-5-8-21)15-20-10-12-22(13-11-20)36-18-25(31)29-16-23-9-6-14-35-23/h3-5,7-8,10-13,15,23H,6,9,14,16-18H2,1-2H3,(H,29,31)/b24-15-/t23-/m1/s1. The lowest BCUT2D eigenvalue weighted by Gasteiger charge is -2.17. The molecule has 2 aliphatic heterocycles. The van der Waals surface area contributed by atoms with Gasteiger partial charge < -0.3 is 24.4 Å². The molecule has 0 spiro atoms. The lowest BCUT2D eigenvalue weighted by Crippen LogP contribution is -2.35. The molecule has 1 N–H and O–H groups in total. The first-order valence-electron chi connectivity index (χ1n) is 11.9. The fourth-order valence-corrected chi connectivity index (χ4v) is 4.24. The van der Waals surface area contributed by atoms with E-state index in [1.54, 1.807) is 42.2 Å². The van der Waals surface area contributed by atoms with E-state index in [4.69, 9.17) is 14.2 Å². The molecule has 8 nitrogen and oxygen atoms in total. The van der Waals surface area contributed by atoms with E-state index in [9.17, 15) is 14.4 Å². The zero-order chi connectivity index (χ0) is 25.5. The van der Waals surface area contributed by atoms with E-state index in [0.29, 0.717) is 30.1 Å². The Morgan fingerprint density at radius 1 is 1.14 bits per heavy atom. The molecule has 0 aromatic heterocycles. The van der Waals surface area contributed by atoms with Gasteiger partial charge in [0.1, 0.15) is 5.75 Å². The van der Waals surface area contributed by atoms with Gasteiger partial charge in [-0.25, -0.2) is 4.79 Å². The number of hydrogen-bond donors (Lipinski definition) is 1. The average Bonchev–Trinajstić information content (AvgIpc) is 3.50. The van der Waals surface area contributed by atoms with E-state index in [0.717, 1.165) is 25.0 Å². The van der Waals surface area contributed by atoms with Gasteiger partial charge in [-0.2, -0.15) is 0 Å². The Labute approximate surface area is 210 Å². The summed E-state index contributed by atoms with van der Waals surface area (Å²) in [4.78, 5) is 39.4. The number of nitrogens with one attached hydrogen (secondary N) is 1. The highest BCUT2D eigenvalue weighted by atomic mass is 16.5. The number of methoxy groups -OCH3 is 1. The fraction of sp³-hybridized carbons (Fsp3) is 0.321. The normalized spacial score (nSPS) is 18.6. The molecule has 188 valence electrons. The van der Waals surface area contributed by atoms with Crippen molar-refractivity contribution < 1.29 is 28.6 Å². The van der Waals surface area contributed by atoms with E-state index >= 15 is 0 Å². The average molecular weight is 491 g/mol. The highest BCUT2D eigenvalue weighted by molar-refractivity contribution is 6.16. The summed E-state index contributed by atoms with van der Waals surface area (Å²) in [5.41, 5.74) is 2.75. The molecule has 1 fully saturated rings. The number of hydrogen-bond acceptors (Lipinski definition) is 6. The van der Waals surface area contributed by atoms with Crippen molar-refractivity contribution in [2.45, 2.75) is 32.4 Å². The summed E-state index contributed by atoms with van der Waals surface area (Å²) in [5.74, 6) is -0.514. The zero-order valence-electron chi connectivity index (χ0n) is 20.5. The molecule has 1 saturated heterocycles. The lowest BCUT2D eigenvalue weighted by molar-refractivity contribution is -0.136. The van der Waals surface area contributed by atoms with E-state index < -0.39 is 5.97 Å². The van der Waals surface area contributed by atoms with Gasteiger partial charge in [0.05, 0.1) is 30.9 Å². The van der Waals surface area contributed by atoms with Crippen molar-refractivity contribution >= 4 is 23.9 Å². The molecule has 2 aromatic carbocycles. The predicted molar refractivity (Wildman–Crippen MR) is 134 cm³/mol. The largest absolute Gasteiger partial charge is 0.484 e. The van der Waals surface area contributed by atoms with Crippen molar-refractivity contribution in [1.29, 1.82) is 0 Å². The number of carbonyl (C=O) groups is 3. The summed E-state index contributed by atoms with van der Waals surface area (Å²) >= 11 is 0. The van der Waals surface area contributed by atoms with Crippen LogP contribution in [0.4, 0.5) is 0 Å². The van der Waals surface area contributed by atoms with Gasteiger partial charge in [-0.05, 0) is 49.1 Å². The van der Waals surface area contributed by atoms with Gasteiger partial charge in [-0.15, -0.1) is 0 Å². The third-order valence-corrected chi connectivity index (χ3v) is 6.20. The Kier molecular flexibility index (Phi) is 8.17. The number of benzene rings is 2. The summed E-state index contributed by atoms with van der Waals surface area (Å²) in [6, 6.07) is 16.6. The van der Waals surface area contributed by atoms with Crippen LogP contribution in [0.25, 0.3) is 6.08 Å². The molecule has 2 aliphatic rings. The second kappa shape index (κ2) is 11.7. The quantitative estimate of drug-likeness (QED) is 0.429. The number of esters is 1. The zero-order valence-corrected chi connectivity index (χ0v) is 20.5. The number of rotatable bonds is 9. The van der Waals surface area contributed by atoms with E-state index in [-0.39, 0.29) is 35.7 Å². The van der Waals surface area contributed by atoms with Gasteiger partial charge in [-0.1, -0.05) is 42.5 Å². The molecule has 4 rings (SSSR count). The van der Waals surface area contributed by atoms with Crippen molar-refractivity contribution in [3.8, 4) is 5.75 Å². The molecule has 2 amide bonds. The van der Waals surface area contributed by atoms with Crippen LogP contribution in [-0.2, 0) is 30.4 Å². The maximum absolute atomic E-state index is 13.3. The van der Waals surface area contributed by atoms with Gasteiger partial charge in [0.2, 0.25) is 0 Å².